The number of ether oxygens (including phenoxy) is 1. The summed E-state index contributed by atoms with van der Waals surface area (Å²) in [4.78, 5) is 65.6. The molecule has 0 spiro atoms. The number of urea groups is 1. The Bertz CT molecular complexity index is 773. The highest BCUT2D eigenvalue weighted by Gasteiger charge is 2.43. The molecular weight excluding hydrogens is 440 g/mol. The van der Waals surface area contributed by atoms with Crippen molar-refractivity contribution in [3.63, 3.8) is 0 Å². The first kappa shape index (κ1) is 26.1. The molecule has 0 bridgehead atoms. The van der Waals surface area contributed by atoms with Crippen LogP contribution in [0.3, 0.4) is 0 Å². The van der Waals surface area contributed by atoms with Gasteiger partial charge in [-0.15, -0.1) is 0 Å². The zero-order valence-electron chi connectivity index (χ0n) is 20.2. The second kappa shape index (κ2) is 12.3. The van der Waals surface area contributed by atoms with Gasteiger partial charge < -0.3 is 25.6 Å². The van der Waals surface area contributed by atoms with Gasteiger partial charge in [-0.25, -0.2) is 4.79 Å². The Balaban J connectivity index is 1.69. The molecule has 4 amide bonds. The lowest BCUT2D eigenvalue weighted by Crippen LogP contribution is -2.64. The Morgan fingerprint density at radius 2 is 1.79 bits per heavy atom. The highest BCUT2D eigenvalue weighted by molar-refractivity contribution is 6.38. The number of hydrogen-bond acceptors (Lipinski definition) is 6. The molecule has 3 rings (SSSR count). The second-order valence-electron chi connectivity index (χ2n) is 9.59. The van der Waals surface area contributed by atoms with Gasteiger partial charge in [0.15, 0.2) is 5.78 Å². The topological polar surface area (TPSA) is 134 Å². The maximum absolute atomic E-state index is 13.5. The molecule has 190 valence electrons. The summed E-state index contributed by atoms with van der Waals surface area (Å²) in [7, 11) is 0. The van der Waals surface area contributed by atoms with Crippen molar-refractivity contribution in [1.82, 2.24) is 20.9 Å². The minimum absolute atomic E-state index is 0.0673. The van der Waals surface area contributed by atoms with E-state index in [0.717, 1.165) is 25.7 Å². The second-order valence-corrected chi connectivity index (χ2v) is 9.59. The Morgan fingerprint density at radius 3 is 2.41 bits per heavy atom. The van der Waals surface area contributed by atoms with Gasteiger partial charge in [0.05, 0.1) is 25.3 Å². The third-order valence-electron chi connectivity index (χ3n) is 7.09. The number of carbonyl (C=O) groups is 5. The number of amides is 4. The van der Waals surface area contributed by atoms with Gasteiger partial charge in [0.25, 0.3) is 5.91 Å². The van der Waals surface area contributed by atoms with Gasteiger partial charge in [0, 0.05) is 19.5 Å². The first-order valence-electron chi connectivity index (χ1n) is 12.7. The van der Waals surface area contributed by atoms with Crippen molar-refractivity contribution in [2.75, 3.05) is 26.3 Å². The summed E-state index contributed by atoms with van der Waals surface area (Å²) in [6.45, 7) is 3.80. The molecule has 0 aromatic rings. The number of hydrogen-bond donors (Lipinski definition) is 3. The Hall–Kier alpha value is -2.49. The predicted molar refractivity (Wildman–Crippen MR) is 124 cm³/mol. The summed E-state index contributed by atoms with van der Waals surface area (Å²) in [5.41, 5.74) is -1.11. The van der Waals surface area contributed by atoms with Gasteiger partial charge in [-0.05, 0) is 32.1 Å². The SMILES string of the molecule is CCCC[C@H](NC(=O)C1(NC(=O)N2CCOCC2)CCCCC1)C(=O)C(=O)N[C@H]1CCCC1=O. The summed E-state index contributed by atoms with van der Waals surface area (Å²) < 4.78 is 5.31. The fourth-order valence-corrected chi connectivity index (χ4v) is 4.94. The molecule has 3 N–H and O–H groups in total. The fourth-order valence-electron chi connectivity index (χ4n) is 4.94. The first-order chi connectivity index (χ1) is 16.4. The fraction of sp³-hybridized carbons (Fsp3) is 0.792. The van der Waals surface area contributed by atoms with E-state index < -0.39 is 35.2 Å². The third-order valence-corrected chi connectivity index (χ3v) is 7.09. The van der Waals surface area contributed by atoms with Crippen molar-refractivity contribution >= 4 is 29.4 Å². The number of ketones is 2. The monoisotopic (exact) mass is 478 g/mol. The number of nitrogens with one attached hydrogen (secondary N) is 3. The Kier molecular flexibility index (Phi) is 9.44. The summed E-state index contributed by atoms with van der Waals surface area (Å²) in [5, 5.41) is 8.30. The van der Waals surface area contributed by atoms with E-state index in [9.17, 15) is 24.0 Å². The van der Waals surface area contributed by atoms with E-state index in [1.165, 1.54) is 0 Å². The number of rotatable bonds is 9. The Labute approximate surface area is 200 Å². The van der Waals surface area contributed by atoms with Crippen LogP contribution >= 0.6 is 0 Å². The summed E-state index contributed by atoms with van der Waals surface area (Å²) in [5.74, 6) is -2.07. The molecule has 34 heavy (non-hydrogen) atoms. The summed E-state index contributed by atoms with van der Waals surface area (Å²) >= 11 is 0. The molecular formula is C24H38N4O6. The molecule has 0 unspecified atom stereocenters. The average molecular weight is 479 g/mol. The van der Waals surface area contributed by atoms with Crippen LogP contribution < -0.4 is 16.0 Å². The normalized spacial score (nSPS) is 23.1. The van der Waals surface area contributed by atoms with Gasteiger partial charge in [-0.3, -0.25) is 19.2 Å². The van der Waals surface area contributed by atoms with E-state index in [4.69, 9.17) is 4.74 Å². The molecule has 0 radical (unpaired) electrons. The van der Waals surface area contributed by atoms with E-state index in [0.29, 0.717) is 71.2 Å². The zero-order chi connectivity index (χ0) is 24.6. The van der Waals surface area contributed by atoms with Crippen LogP contribution in [0.5, 0.6) is 0 Å². The Morgan fingerprint density at radius 1 is 1.09 bits per heavy atom. The van der Waals surface area contributed by atoms with Crippen molar-refractivity contribution in [1.29, 1.82) is 0 Å². The lowest BCUT2D eigenvalue weighted by Gasteiger charge is -2.39. The van der Waals surface area contributed by atoms with Crippen LogP contribution in [0.1, 0.15) is 77.6 Å². The number of carbonyl (C=O) groups excluding carboxylic acids is 5. The van der Waals surface area contributed by atoms with Gasteiger partial charge in [0.2, 0.25) is 11.7 Å². The number of nitrogens with zero attached hydrogens (tertiary/aromatic N) is 1. The van der Waals surface area contributed by atoms with Crippen molar-refractivity contribution in [2.24, 2.45) is 0 Å². The zero-order valence-corrected chi connectivity index (χ0v) is 20.2. The number of morpholine rings is 1. The molecule has 3 fully saturated rings. The minimum Gasteiger partial charge on any atom is -0.378 e. The number of unbranched alkanes of at least 4 members (excludes halogenated alkanes) is 1. The highest BCUT2D eigenvalue weighted by Crippen LogP contribution is 2.29. The van der Waals surface area contributed by atoms with E-state index in [1.807, 2.05) is 6.92 Å². The van der Waals surface area contributed by atoms with Crippen LogP contribution in [0, 0.1) is 0 Å². The minimum atomic E-state index is -1.11. The molecule has 1 aliphatic heterocycles. The van der Waals surface area contributed by atoms with Crippen molar-refractivity contribution in [3.05, 3.63) is 0 Å². The molecule has 2 aliphatic carbocycles. The van der Waals surface area contributed by atoms with Crippen molar-refractivity contribution in [2.45, 2.75) is 95.2 Å². The molecule has 2 saturated carbocycles. The van der Waals surface area contributed by atoms with E-state index in [1.54, 1.807) is 4.90 Å². The maximum Gasteiger partial charge on any atom is 0.318 e. The lowest BCUT2D eigenvalue weighted by atomic mass is 9.80. The van der Waals surface area contributed by atoms with Crippen LogP contribution in [-0.2, 0) is 23.9 Å². The van der Waals surface area contributed by atoms with Crippen LogP contribution in [-0.4, -0.2) is 78.2 Å². The molecule has 0 aromatic heterocycles. The summed E-state index contributed by atoms with van der Waals surface area (Å²) in [6.07, 6.45) is 6.89. The molecule has 10 heteroatoms. The van der Waals surface area contributed by atoms with Gasteiger partial charge in [-0.2, -0.15) is 0 Å². The molecule has 10 nitrogen and oxygen atoms in total. The summed E-state index contributed by atoms with van der Waals surface area (Å²) in [6, 6.07) is -1.94. The van der Waals surface area contributed by atoms with Crippen LogP contribution in [0.4, 0.5) is 4.79 Å². The first-order valence-corrected chi connectivity index (χ1v) is 12.7. The molecule has 3 aliphatic rings. The van der Waals surface area contributed by atoms with Crippen molar-refractivity contribution in [3.8, 4) is 0 Å². The van der Waals surface area contributed by atoms with Gasteiger partial charge in [-0.1, -0.05) is 39.0 Å². The number of Topliss-reactive ketones (excluding diaryl/α,β-unsaturated/α-hetero) is 2. The molecule has 1 heterocycles. The van der Waals surface area contributed by atoms with Crippen LogP contribution in [0.2, 0.25) is 0 Å². The van der Waals surface area contributed by atoms with E-state index in [-0.39, 0.29) is 11.8 Å². The highest BCUT2D eigenvalue weighted by atomic mass is 16.5. The smallest absolute Gasteiger partial charge is 0.318 e. The standard InChI is InChI=1S/C24H38N4O6/c1-2-3-8-18(20(30)21(31)25-17-9-7-10-19(17)29)26-22(32)24(11-5-4-6-12-24)27-23(33)28-13-15-34-16-14-28/h17-18H,2-16H2,1H3,(H,25,31)(H,26,32)(H,27,33)/t17-,18-/m0/s1. The molecule has 2 atom stereocenters. The van der Waals surface area contributed by atoms with Gasteiger partial charge in [0.1, 0.15) is 5.54 Å². The lowest BCUT2D eigenvalue weighted by molar-refractivity contribution is -0.142. The van der Waals surface area contributed by atoms with Gasteiger partial charge >= 0.3 is 6.03 Å². The van der Waals surface area contributed by atoms with Crippen LogP contribution in [0.15, 0.2) is 0 Å². The van der Waals surface area contributed by atoms with E-state index >= 15 is 0 Å². The van der Waals surface area contributed by atoms with E-state index in [2.05, 4.69) is 16.0 Å². The molecule has 1 saturated heterocycles. The quantitative estimate of drug-likeness (QED) is 0.427. The average Bonchev–Trinajstić information content (AvgIpc) is 3.26. The largest absolute Gasteiger partial charge is 0.378 e. The molecule has 0 aromatic carbocycles. The van der Waals surface area contributed by atoms with Crippen molar-refractivity contribution < 1.29 is 28.7 Å². The predicted octanol–water partition coefficient (Wildman–Crippen LogP) is 1.21. The maximum atomic E-state index is 13.5. The third kappa shape index (κ3) is 6.55. The van der Waals surface area contributed by atoms with Crippen LogP contribution in [0.25, 0.3) is 0 Å².